The number of thioether (sulfide) groups is 1. The van der Waals surface area contributed by atoms with E-state index >= 15 is 0 Å². The Labute approximate surface area is 291 Å². The smallest absolute Gasteiger partial charge is 0.253 e. The molecule has 4 atom stereocenters. The molecule has 260 valence electrons. The average molecular weight is 700 g/mol. The van der Waals surface area contributed by atoms with Crippen LogP contribution in [0.2, 0.25) is 5.02 Å². The lowest BCUT2D eigenvalue weighted by molar-refractivity contribution is -0.157. The molecule has 2 aliphatic carbocycles. The number of aliphatic hydroxyl groups excluding tert-OH is 5. The molecule has 0 spiro atoms. The molecule has 48 heavy (non-hydrogen) atoms. The Morgan fingerprint density at radius 2 is 1.83 bits per heavy atom. The van der Waals surface area contributed by atoms with Crippen molar-refractivity contribution in [1.29, 1.82) is 0 Å². The largest absolute Gasteiger partial charge is 0.490 e. The number of amides is 1. The molecule has 12 heteroatoms. The highest BCUT2D eigenvalue weighted by Gasteiger charge is 2.46. The number of carbonyl (C=O) groups is 1. The molecule has 0 bridgehead atoms. The molecule has 2 aliphatic rings. The number of ether oxygens (including phenoxy) is 1. The van der Waals surface area contributed by atoms with Gasteiger partial charge in [0.25, 0.3) is 5.91 Å². The van der Waals surface area contributed by atoms with E-state index in [9.17, 15) is 25.2 Å². The van der Waals surface area contributed by atoms with E-state index in [1.165, 1.54) is 17.5 Å². The predicted molar refractivity (Wildman–Crippen MR) is 186 cm³/mol. The van der Waals surface area contributed by atoms with Gasteiger partial charge in [-0.3, -0.25) is 9.78 Å². The highest BCUT2D eigenvalue weighted by molar-refractivity contribution is 7.99. The summed E-state index contributed by atoms with van der Waals surface area (Å²) in [6.45, 7) is 0.183. The lowest BCUT2D eigenvalue weighted by atomic mass is 9.94. The van der Waals surface area contributed by atoms with E-state index in [0.29, 0.717) is 25.6 Å². The number of hydrogen-bond donors (Lipinski definition) is 6. The van der Waals surface area contributed by atoms with Crippen LogP contribution in [0.15, 0.2) is 65.8 Å². The van der Waals surface area contributed by atoms with E-state index in [0.717, 1.165) is 76.6 Å². The number of rotatable bonds is 19. The van der Waals surface area contributed by atoms with E-state index in [-0.39, 0.29) is 5.54 Å². The first-order chi connectivity index (χ1) is 23.1. The molecule has 2 fully saturated rings. The first kappa shape index (κ1) is 36.5. The van der Waals surface area contributed by atoms with E-state index in [1.54, 1.807) is 11.8 Å². The molecule has 10 nitrogen and oxygen atoms in total. The summed E-state index contributed by atoms with van der Waals surface area (Å²) >= 11 is 8.40. The Kier molecular flexibility index (Phi) is 12.8. The van der Waals surface area contributed by atoms with Crippen LogP contribution in [0.25, 0.3) is 11.1 Å². The van der Waals surface area contributed by atoms with E-state index in [4.69, 9.17) is 21.4 Å². The van der Waals surface area contributed by atoms with Crippen molar-refractivity contribution in [1.82, 2.24) is 15.2 Å². The van der Waals surface area contributed by atoms with Gasteiger partial charge in [0, 0.05) is 53.6 Å². The van der Waals surface area contributed by atoms with Gasteiger partial charge in [-0.1, -0.05) is 36.2 Å². The quantitative estimate of drug-likeness (QED) is 0.0803. The van der Waals surface area contributed by atoms with Gasteiger partial charge in [0.15, 0.2) is 6.10 Å². The van der Waals surface area contributed by atoms with Crippen molar-refractivity contribution in [3.63, 3.8) is 0 Å². The number of benzene rings is 2. The molecule has 6 N–H and O–H groups in total. The molecule has 1 aromatic heterocycles. The maximum Gasteiger partial charge on any atom is 0.253 e. The second-order valence-corrected chi connectivity index (χ2v) is 14.3. The van der Waals surface area contributed by atoms with Gasteiger partial charge in [-0.25, -0.2) is 0 Å². The van der Waals surface area contributed by atoms with Crippen LogP contribution < -0.4 is 10.1 Å². The first-order valence-electron chi connectivity index (χ1n) is 16.6. The number of aromatic nitrogens is 1. The third-order valence-corrected chi connectivity index (χ3v) is 10.5. The van der Waals surface area contributed by atoms with E-state index in [2.05, 4.69) is 40.6 Å². The lowest BCUT2D eigenvalue weighted by Crippen LogP contribution is -2.52. The predicted octanol–water partition coefficient (Wildman–Crippen LogP) is 3.88. The SMILES string of the molecule is CN(CCCCCSc1ccc(Cl)c(CNC2(c3cnccc3-c3ccccc3OC3CC3)CC2)c1)C(=O)[C@@H](O)[C@@H](O)[C@H](O)[C@@H](O)CO. The Bertz CT molecular complexity index is 1520. The van der Waals surface area contributed by atoms with Crippen LogP contribution in [0, 0.1) is 0 Å². The zero-order valence-electron chi connectivity index (χ0n) is 27.2. The van der Waals surface area contributed by atoms with Gasteiger partial charge < -0.3 is 40.5 Å². The summed E-state index contributed by atoms with van der Waals surface area (Å²) in [5.41, 5.74) is 4.27. The molecular weight excluding hydrogens is 654 g/mol. The van der Waals surface area contributed by atoms with Crippen molar-refractivity contribution in [2.24, 2.45) is 0 Å². The number of pyridine rings is 1. The molecule has 1 heterocycles. The van der Waals surface area contributed by atoms with Gasteiger partial charge in [-0.2, -0.15) is 0 Å². The van der Waals surface area contributed by atoms with Gasteiger partial charge in [0.2, 0.25) is 0 Å². The second-order valence-electron chi connectivity index (χ2n) is 12.8. The van der Waals surface area contributed by atoms with Crippen LogP contribution >= 0.6 is 23.4 Å². The number of likely N-dealkylation sites (N-methyl/N-ethyl adjacent to an activating group) is 1. The van der Waals surface area contributed by atoms with E-state index in [1.807, 2.05) is 30.6 Å². The van der Waals surface area contributed by atoms with Gasteiger partial charge in [0.1, 0.15) is 24.1 Å². The highest BCUT2D eigenvalue weighted by atomic mass is 35.5. The number of nitrogens with zero attached hydrogens (tertiary/aromatic N) is 2. The number of aliphatic hydroxyl groups is 5. The third kappa shape index (κ3) is 9.28. The monoisotopic (exact) mass is 699 g/mol. The normalized spacial score (nSPS) is 17.7. The number of halogens is 1. The number of carbonyl (C=O) groups excluding carboxylic acids is 1. The number of para-hydroxylation sites is 1. The highest BCUT2D eigenvalue weighted by Crippen LogP contribution is 2.50. The standard InChI is InChI=1S/C36H46ClN3O7S/c1-40(35(46)34(45)33(44)32(43)30(42)22-41)17-5-2-6-18-48-25-11-12-29(37)23(19-25)20-39-36(14-15-36)28-21-38-16-13-26(28)27-7-3-4-8-31(27)47-24-9-10-24/h3-4,7-8,11-13,16,19,21,24,30,32-34,39,41-45H,2,5-6,9-10,14-15,17-18,20,22H2,1H3/t30-,32+,33-,34-/m0/s1. The van der Waals surface area contributed by atoms with E-state index < -0.39 is 36.9 Å². The molecule has 0 unspecified atom stereocenters. The van der Waals surface area contributed by atoms with Crippen LogP contribution in [-0.2, 0) is 16.9 Å². The second kappa shape index (κ2) is 16.8. The average Bonchev–Trinajstić information content (AvgIpc) is 4.06. The van der Waals surface area contributed by atoms with Gasteiger partial charge in [-0.05, 0) is 91.3 Å². The Morgan fingerprint density at radius 3 is 2.56 bits per heavy atom. The van der Waals surface area contributed by atoms with Gasteiger partial charge in [0.05, 0.1) is 12.7 Å². The summed E-state index contributed by atoms with van der Waals surface area (Å²) in [5, 5.41) is 52.8. The zero-order chi connectivity index (χ0) is 34.3. The first-order valence-corrected chi connectivity index (χ1v) is 17.9. The fourth-order valence-corrected chi connectivity index (χ4v) is 6.86. The zero-order valence-corrected chi connectivity index (χ0v) is 28.7. The molecule has 2 saturated carbocycles. The van der Waals surface area contributed by atoms with Gasteiger partial charge >= 0.3 is 0 Å². The molecule has 5 rings (SSSR count). The molecule has 1 amide bonds. The third-order valence-electron chi connectivity index (χ3n) is 9.01. The maximum absolute atomic E-state index is 12.4. The Morgan fingerprint density at radius 1 is 1.06 bits per heavy atom. The van der Waals surface area contributed by atoms with Crippen molar-refractivity contribution in [2.45, 2.75) is 92.4 Å². The Hall–Kier alpha value is -2.74. The summed E-state index contributed by atoms with van der Waals surface area (Å²) in [7, 11) is 1.51. The van der Waals surface area contributed by atoms with Crippen molar-refractivity contribution >= 4 is 29.3 Å². The van der Waals surface area contributed by atoms with Gasteiger partial charge in [-0.15, -0.1) is 11.8 Å². The minimum atomic E-state index is -1.91. The minimum Gasteiger partial charge on any atom is -0.490 e. The molecule has 0 aliphatic heterocycles. The summed E-state index contributed by atoms with van der Waals surface area (Å²) in [6.07, 6.45) is 3.51. The summed E-state index contributed by atoms with van der Waals surface area (Å²) in [5.74, 6) is 1.04. The maximum atomic E-state index is 12.4. The van der Waals surface area contributed by atoms with Crippen LogP contribution in [0.5, 0.6) is 5.75 Å². The summed E-state index contributed by atoms with van der Waals surface area (Å²) in [6, 6.07) is 16.4. The molecule has 0 saturated heterocycles. The molecule has 2 aromatic carbocycles. The van der Waals surface area contributed by atoms with Crippen molar-refractivity contribution in [3.05, 3.63) is 77.1 Å². The van der Waals surface area contributed by atoms with Crippen LogP contribution in [0.3, 0.4) is 0 Å². The molecule has 3 aromatic rings. The molecule has 0 radical (unpaired) electrons. The fourth-order valence-electron chi connectivity index (χ4n) is 5.70. The lowest BCUT2D eigenvalue weighted by Gasteiger charge is -2.28. The summed E-state index contributed by atoms with van der Waals surface area (Å²) < 4.78 is 6.25. The van der Waals surface area contributed by atoms with Crippen molar-refractivity contribution < 1.29 is 35.1 Å². The van der Waals surface area contributed by atoms with Crippen LogP contribution in [0.4, 0.5) is 0 Å². The van der Waals surface area contributed by atoms with Crippen LogP contribution in [0.1, 0.15) is 56.1 Å². The number of hydrogen-bond acceptors (Lipinski definition) is 10. The minimum absolute atomic E-state index is 0.175. The van der Waals surface area contributed by atoms with Crippen molar-refractivity contribution in [2.75, 3.05) is 26.0 Å². The number of unbranched alkanes of at least 4 members (excludes halogenated alkanes) is 2. The topological polar surface area (TPSA) is 156 Å². The number of nitrogens with one attached hydrogen (secondary N) is 1. The van der Waals surface area contributed by atoms with Crippen LogP contribution in [-0.4, -0.2) is 97.8 Å². The summed E-state index contributed by atoms with van der Waals surface area (Å²) in [4.78, 5) is 19.3. The molecular formula is C36H46ClN3O7S. The fraction of sp³-hybridized carbons (Fsp3) is 0.500. The Balaban J connectivity index is 1.10. The van der Waals surface area contributed by atoms with Crippen molar-refractivity contribution in [3.8, 4) is 16.9 Å².